The quantitative estimate of drug-likeness (QED) is 0.134. The average molecular weight is 903 g/mol. The van der Waals surface area contributed by atoms with E-state index in [0.717, 1.165) is 79.0 Å². The summed E-state index contributed by atoms with van der Waals surface area (Å²) in [4.78, 5) is 75.9. The van der Waals surface area contributed by atoms with Gasteiger partial charge in [0, 0.05) is 95.0 Å². The Balaban J connectivity index is 0.719. The van der Waals surface area contributed by atoms with Gasteiger partial charge in [0.2, 0.25) is 23.6 Å². The molecule has 0 spiro atoms. The Bertz CT molecular complexity index is 2850. The van der Waals surface area contributed by atoms with Gasteiger partial charge in [-0.25, -0.2) is 9.78 Å². The van der Waals surface area contributed by atoms with Crippen LogP contribution in [0.4, 0.5) is 11.5 Å². The van der Waals surface area contributed by atoms with Crippen LogP contribution in [0.1, 0.15) is 54.5 Å². The van der Waals surface area contributed by atoms with E-state index < -0.39 is 18.0 Å². The number of piperazine rings is 1. The highest BCUT2D eigenvalue weighted by Gasteiger charge is 2.32. The van der Waals surface area contributed by atoms with Crippen molar-refractivity contribution in [2.24, 2.45) is 13.0 Å². The van der Waals surface area contributed by atoms with Crippen LogP contribution in [-0.4, -0.2) is 110 Å². The number of fused-ring (bicyclic) bond motifs is 1. The maximum atomic E-state index is 13.6. The molecule has 1 unspecified atom stereocenters. The number of benzene rings is 3. The van der Waals surface area contributed by atoms with Gasteiger partial charge >= 0.3 is 5.69 Å². The van der Waals surface area contributed by atoms with Crippen LogP contribution in [0.2, 0.25) is 0 Å². The van der Waals surface area contributed by atoms with Crippen LogP contribution in [-0.2, 0) is 39.2 Å². The lowest BCUT2D eigenvalue weighted by Gasteiger charge is -2.39. The van der Waals surface area contributed by atoms with Crippen molar-refractivity contribution in [3.8, 4) is 17.2 Å². The highest BCUT2D eigenvalue weighted by atomic mass is 16.2. The van der Waals surface area contributed by atoms with Crippen LogP contribution >= 0.6 is 0 Å². The van der Waals surface area contributed by atoms with E-state index >= 15 is 0 Å². The maximum Gasteiger partial charge on any atom is 0.329 e. The number of aryl methyl sites for hydroxylation is 1. The minimum Gasteiger partial charge on any atom is -0.369 e. The first-order valence-electron chi connectivity index (χ1n) is 23.0. The predicted octanol–water partition coefficient (Wildman–Crippen LogP) is 4.02. The highest BCUT2D eigenvalue weighted by molar-refractivity contribution is 6.00. The van der Waals surface area contributed by atoms with Crippen molar-refractivity contribution in [2.45, 2.75) is 50.7 Å². The molecule has 0 radical (unpaired) electrons. The number of nitriles is 1. The number of rotatable bonds is 14. The normalized spacial score (nSPS) is 17.6. The molecule has 3 N–H and O–H groups in total. The zero-order valence-electron chi connectivity index (χ0n) is 37.5. The molecule has 4 amide bonds. The lowest BCUT2D eigenvalue weighted by Crippen LogP contribution is -2.49. The summed E-state index contributed by atoms with van der Waals surface area (Å²) in [7, 11) is 1.72. The van der Waals surface area contributed by atoms with E-state index in [-0.39, 0.29) is 36.4 Å². The molecule has 6 aromatic rings. The molecule has 0 aliphatic carbocycles. The first-order chi connectivity index (χ1) is 32.6. The van der Waals surface area contributed by atoms with E-state index in [1.54, 1.807) is 46.9 Å². The molecule has 3 aliphatic rings. The van der Waals surface area contributed by atoms with Crippen LogP contribution in [0.25, 0.3) is 22.2 Å². The van der Waals surface area contributed by atoms with Gasteiger partial charge in [-0.05, 0) is 85.2 Å². The molecule has 2 atom stereocenters. The number of piperidine rings is 2. The second-order valence-corrected chi connectivity index (χ2v) is 17.7. The fourth-order valence-electron chi connectivity index (χ4n) is 9.49. The second-order valence-electron chi connectivity index (χ2n) is 17.7. The van der Waals surface area contributed by atoms with Gasteiger partial charge in [-0.3, -0.25) is 43.2 Å². The summed E-state index contributed by atoms with van der Waals surface area (Å²) in [6.45, 7) is 6.64. The Morgan fingerprint density at radius 1 is 0.866 bits per heavy atom. The number of nitrogens with one attached hydrogen (secondary N) is 3. The van der Waals surface area contributed by atoms with Crippen molar-refractivity contribution >= 4 is 46.2 Å². The van der Waals surface area contributed by atoms with Crippen LogP contribution in [0, 0.1) is 17.2 Å². The number of carbonyl (C=O) groups excluding carboxylic acids is 4. The first-order valence-corrected chi connectivity index (χ1v) is 23.0. The molecule has 3 aromatic heterocycles. The number of amides is 4. The van der Waals surface area contributed by atoms with Crippen molar-refractivity contribution in [2.75, 3.05) is 62.6 Å². The van der Waals surface area contributed by atoms with Crippen molar-refractivity contribution in [1.29, 1.82) is 5.26 Å². The van der Waals surface area contributed by atoms with Gasteiger partial charge in [-0.1, -0.05) is 42.5 Å². The summed E-state index contributed by atoms with van der Waals surface area (Å²) < 4.78 is 4.76. The van der Waals surface area contributed by atoms with E-state index in [2.05, 4.69) is 41.9 Å². The molecule has 344 valence electrons. The zero-order chi connectivity index (χ0) is 46.4. The molecule has 3 aromatic carbocycles. The predicted molar refractivity (Wildman–Crippen MR) is 253 cm³/mol. The molecule has 0 saturated carbocycles. The Morgan fingerprint density at radius 3 is 2.36 bits per heavy atom. The van der Waals surface area contributed by atoms with Crippen molar-refractivity contribution < 1.29 is 19.2 Å². The first kappa shape index (κ1) is 44.8. The Kier molecular flexibility index (Phi) is 13.4. The number of hydrogen-bond donors (Lipinski definition) is 3. The molecule has 3 saturated heterocycles. The summed E-state index contributed by atoms with van der Waals surface area (Å²) in [5.74, 6) is -0.0139. The van der Waals surface area contributed by atoms with Crippen LogP contribution in [0.5, 0.6) is 0 Å². The number of carbonyl (C=O) groups is 4. The molecule has 17 nitrogen and oxygen atoms in total. The fourth-order valence-corrected chi connectivity index (χ4v) is 9.49. The van der Waals surface area contributed by atoms with Gasteiger partial charge < -0.3 is 20.4 Å². The van der Waals surface area contributed by atoms with Crippen molar-refractivity contribution in [1.82, 2.24) is 44.3 Å². The minimum absolute atomic E-state index is 0.0401. The lowest BCUT2D eigenvalue weighted by atomic mass is 9.96. The third kappa shape index (κ3) is 10.2. The molecule has 0 bridgehead atoms. The third-order valence-corrected chi connectivity index (χ3v) is 13.3. The van der Waals surface area contributed by atoms with Gasteiger partial charge in [0.1, 0.15) is 24.4 Å². The van der Waals surface area contributed by atoms with Gasteiger partial charge in [0.15, 0.2) is 0 Å². The van der Waals surface area contributed by atoms with Crippen LogP contribution in [0.3, 0.4) is 0 Å². The van der Waals surface area contributed by atoms with E-state index in [0.29, 0.717) is 55.3 Å². The number of imide groups is 1. The Hall–Kier alpha value is -7.42. The lowest BCUT2D eigenvalue weighted by molar-refractivity contribution is -0.136. The number of pyridine rings is 1. The Morgan fingerprint density at radius 2 is 1.64 bits per heavy atom. The van der Waals surface area contributed by atoms with E-state index in [9.17, 15) is 24.0 Å². The smallest absolute Gasteiger partial charge is 0.329 e. The number of anilines is 2. The number of nitrogens with zero attached hydrogens (tertiary/aromatic N) is 9. The maximum absolute atomic E-state index is 13.6. The molecule has 17 heteroatoms. The van der Waals surface area contributed by atoms with E-state index in [1.165, 1.54) is 4.57 Å². The number of aromatic nitrogens is 5. The van der Waals surface area contributed by atoms with Gasteiger partial charge in [0.05, 0.1) is 28.9 Å². The fraction of sp³-hybridized carbons (Fsp3) is 0.360. The van der Waals surface area contributed by atoms with Crippen LogP contribution < -0.4 is 26.5 Å². The summed E-state index contributed by atoms with van der Waals surface area (Å²) in [6.07, 6.45) is 8.35. The minimum atomic E-state index is -0.708. The molecule has 3 aliphatic heterocycles. The van der Waals surface area contributed by atoms with Crippen LogP contribution in [0.15, 0.2) is 108 Å². The number of hydrogen-bond acceptors (Lipinski definition) is 11. The molecule has 67 heavy (non-hydrogen) atoms. The Labute approximate surface area is 388 Å². The summed E-state index contributed by atoms with van der Waals surface area (Å²) >= 11 is 0. The highest BCUT2D eigenvalue weighted by Crippen LogP contribution is 2.28. The summed E-state index contributed by atoms with van der Waals surface area (Å²) in [6, 6.07) is 27.4. The van der Waals surface area contributed by atoms with Gasteiger partial charge in [0.25, 0.3) is 0 Å². The molecule has 3 fully saturated rings. The van der Waals surface area contributed by atoms with Crippen molar-refractivity contribution in [3.63, 3.8) is 0 Å². The summed E-state index contributed by atoms with van der Waals surface area (Å²) in [5.41, 5.74) is 6.35. The zero-order valence-corrected chi connectivity index (χ0v) is 37.5. The molecular formula is C50H54N12O5. The van der Waals surface area contributed by atoms with E-state index in [4.69, 9.17) is 5.26 Å². The summed E-state index contributed by atoms with van der Waals surface area (Å²) in [5, 5.41) is 22.3. The third-order valence-electron chi connectivity index (χ3n) is 13.3. The molecule has 9 rings (SSSR count). The average Bonchev–Trinajstić information content (AvgIpc) is 3.92. The van der Waals surface area contributed by atoms with Gasteiger partial charge in [-0.2, -0.15) is 10.4 Å². The standard InChI is InChI=1S/C50H54N12O5/c1-57-43-27-40(12-13-41(43)62(50(57)67)42-14-16-45(63)56-48(42)65)59-25-23-58(24-26-59)31-36-18-21-60(22-19-36)46(64)33-61-32-39(30-54-61)38-11-15-44(53-29-38)55-49(66)47(37-5-3-2-4-6-37)52-20-17-34-7-9-35(28-51)10-8-34/h2-13,15,27,29-30,32,36,42,47,52H,14,16-26,31,33H2,1H3,(H,53,55,66)(H,56,63,65)/t42?,47-/m1/s1. The van der Waals surface area contributed by atoms with Crippen molar-refractivity contribution in [3.05, 3.63) is 131 Å². The largest absolute Gasteiger partial charge is 0.369 e. The monoisotopic (exact) mass is 902 g/mol. The topological polar surface area (TPSA) is 196 Å². The van der Waals surface area contributed by atoms with E-state index in [1.807, 2.05) is 77.8 Å². The number of imidazole rings is 1. The second kappa shape index (κ2) is 20.0. The number of likely N-dealkylation sites (tertiary alicyclic amines) is 1. The molecule has 6 heterocycles. The SMILES string of the molecule is Cn1c(=O)n(C2CCC(=O)NC2=O)c2ccc(N3CCN(CC4CCN(C(=O)Cn5cc(-c6ccc(NC(=O)[C@H](NCCc7ccc(C#N)cc7)c7ccccc7)nc6)cn5)CC4)CC3)cc21. The van der Waals surface area contributed by atoms with Gasteiger partial charge in [-0.15, -0.1) is 0 Å². The molecular weight excluding hydrogens is 849 g/mol.